The minimum Gasteiger partial charge on any atom is -0.417 e. The number of hydrogen-bond donors (Lipinski definition) is 1. The molecule has 3 heteroatoms. The van der Waals surface area contributed by atoms with Gasteiger partial charge >= 0.3 is 0 Å². The number of hydrogen-bond acceptors (Lipinski definition) is 2. The topological polar surface area (TPSA) is 29.5 Å². The van der Waals surface area contributed by atoms with E-state index in [-0.39, 0.29) is 6.61 Å². The van der Waals surface area contributed by atoms with Gasteiger partial charge in [0.1, 0.15) is 0 Å². The molecule has 0 unspecified atom stereocenters. The van der Waals surface area contributed by atoms with Crippen LogP contribution in [-0.2, 0) is 4.43 Å². The zero-order chi connectivity index (χ0) is 14.5. The molecule has 1 fully saturated rings. The van der Waals surface area contributed by atoms with E-state index in [4.69, 9.17) is 9.53 Å². The van der Waals surface area contributed by atoms with Gasteiger partial charge in [0, 0.05) is 6.61 Å². The molecule has 1 rings (SSSR count). The van der Waals surface area contributed by atoms with Gasteiger partial charge in [-0.25, -0.2) is 0 Å². The first-order valence-corrected chi connectivity index (χ1v) is 10.3. The van der Waals surface area contributed by atoms with Gasteiger partial charge in [0.2, 0.25) is 0 Å². The van der Waals surface area contributed by atoms with E-state index in [1.54, 1.807) is 6.08 Å². The van der Waals surface area contributed by atoms with Gasteiger partial charge < -0.3 is 9.53 Å². The van der Waals surface area contributed by atoms with Gasteiger partial charge in [0.15, 0.2) is 8.32 Å². The second kappa shape index (κ2) is 6.87. The van der Waals surface area contributed by atoms with Gasteiger partial charge in [0.05, 0.1) is 6.61 Å². The summed E-state index contributed by atoms with van der Waals surface area (Å²) < 4.78 is 6.30. The molecule has 0 aromatic heterocycles. The highest BCUT2D eigenvalue weighted by atomic mass is 28.4. The van der Waals surface area contributed by atoms with Crippen LogP contribution in [0.2, 0.25) is 18.1 Å². The van der Waals surface area contributed by atoms with Crippen LogP contribution in [0.15, 0.2) is 24.3 Å². The van der Waals surface area contributed by atoms with Crippen molar-refractivity contribution in [1.82, 2.24) is 0 Å². The van der Waals surface area contributed by atoms with Crippen molar-refractivity contribution in [2.75, 3.05) is 13.2 Å². The maximum absolute atomic E-state index is 8.67. The van der Waals surface area contributed by atoms with Crippen molar-refractivity contribution in [3.63, 3.8) is 0 Å². The molecule has 2 atom stereocenters. The Kier molecular flexibility index (Phi) is 6.02. The molecule has 0 aromatic carbocycles. The van der Waals surface area contributed by atoms with Gasteiger partial charge in [0.25, 0.3) is 0 Å². The van der Waals surface area contributed by atoms with Crippen LogP contribution in [0, 0.1) is 11.8 Å². The summed E-state index contributed by atoms with van der Waals surface area (Å²) in [4.78, 5) is 0. The van der Waals surface area contributed by atoms with Crippen molar-refractivity contribution in [3.8, 4) is 0 Å². The number of aliphatic hydroxyl groups excluding tert-OH is 1. The molecular formula is C16H30O2Si. The smallest absolute Gasteiger partial charge is 0.191 e. The summed E-state index contributed by atoms with van der Waals surface area (Å²) in [6.45, 7) is 12.5. The molecule has 0 amide bonds. The predicted molar refractivity (Wildman–Crippen MR) is 84.7 cm³/mol. The number of allylic oxidation sites excluding steroid dienone is 3. The van der Waals surface area contributed by atoms with Crippen LogP contribution >= 0.6 is 0 Å². The fourth-order valence-corrected chi connectivity index (χ4v) is 3.00. The van der Waals surface area contributed by atoms with Crippen LogP contribution in [0.1, 0.15) is 33.6 Å². The molecule has 1 aliphatic carbocycles. The molecule has 0 radical (unpaired) electrons. The molecule has 19 heavy (non-hydrogen) atoms. The second-order valence-electron chi connectivity index (χ2n) is 7.07. The van der Waals surface area contributed by atoms with Crippen molar-refractivity contribution in [1.29, 1.82) is 0 Å². The Balaban J connectivity index is 2.38. The molecule has 0 aliphatic heterocycles. The fraction of sp³-hybridized carbons (Fsp3) is 0.750. The minimum atomic E-state index is -1.59. The summed E-state index contributed by atoms with van der Waals surface area (Å²) in [5.74, 6) is 1.35. The maximum Gasteiger partial charge on any atom is 0.191 e. The van der Waals surface area contributed by atoms with Crippen LogP contribution in [0.5, 0.6) is 0 Å². The van der Waals surface area contributed by atoms with Gasteiger partial charge in [-0.1, -0.05) is 45.1 Å². The van der Waals surface area contributed by atoms with Crippen LogP contribution in [0.4, 0.5) is 0 Å². The Hall–Kier alpha value is -0.383. The lowest BCUT2D eigenvalue weighted by Crippen LogP contribution is -2.43. The second-order valence-corrected chi connectivity index (χ2v) is 11.9. The van der Waals surface area contributed by atoms with E-state index >= 15 is 0 Å². The summed E-state index contributed by atoms with van der Waals surface area (Å²) in [6, 6.07) is 0. The molecule has 0 spiro atoms. The Morgan fingerprint density at radius 1 is 1.21 bits per heavy atom. The summed E-state index contributed by atoms with van der Waals surface area (Å²) >= 11 is 0. The number of aliphatic hydroxyl groups is 1. The maximum atomic E-state index is 8.67. The third kappa shape index (κ3) is 4.90. The van der Waals surface area contributed by atoms with Crippen molar-refractivity contribution in [2.45, 2.75) is 51.7 Å². The third-order valence-corrected chi connectivity index (χ3v) is 9.15. The Bertz CT molecular complexity index is 326. The van der Waals surface area contributed by atoms with Crippen LogP contribution in [0.25, 0.3) is 0 Å². The van der Waals surface area contributed by atoms with E-state index in [2.05, 4.69) is 46.0 Å². The summed E-state index contributed by atoms with van der Waals surface area (Å²) in [6.07, 6.45) is 10.6. The summed E-state index contributed by atoms with van der Waals surface area (Å²) in [7, 11) is -1.59. The summed E-state index contributed by atoms with van der Waals surface area (Å²) in [5.41, 5.74) is 0. The monoisotopic (exact) mass is 282 g/mol. The third-order valence-electron chi connectivity index (χ3n) is 4.65. The molecule has 2 nitrogen and oxygen atoms in total. The highest BCUT2D eigenvalue weighted by molar-refractivity contribution is 6.74. The van der Waals surface area contributed by atoms with E-state index in [1.807, 2.05) is 6.08 Å². The largest absolute Gasteiger partial charge is 0.417 e. The quantitative estimate of drug-likeness (QED) is 0.586. The average molecular weight is 282 g/mol. The first kappa shape index (κ1) is 16.7. The van der Waals surface area contributed by atoms with E-state index in [1.165, 1.54) is 12.8 Å². The molecule has 1 N–H and O–H groups in total. The minimum absolute atomic E-state index is 0.118. The Morgan fingerprint density at radius 3 is 2.37 bits per heavy atom. The molecule has 110 valence electrons. The highest BCUT2D eigenvalue weighted by Gasteiger charge is 2.39. The lowest BCUT2D eigenvalue weighted by molar-refractivity contribution is 0.124. The number of rotatable bonds is 6. The van der Waals surface area contributed by atoms with Gasteiger partial charge in [-0.05, 0) is 42.8 Å². The molecule has 1 saturated carbocycles. The lowest BCUT2D eigenvalue weighted by Gasteiger charge is -2.41. The van der Waals surface area contributed by atoms with Crippen LogP contribution in [0.3, 0.4) is 0 Å². The Labute approximate surface area is 119 Å². The first-order valence-electron chi connectivity index (χ1n) is 7.36. The standard InChI is InChI=1S/C16H30O2Si/c1-16(2,3)19(4,5)18-13-15-11-10-14(15)9-7-6-8-12-17/h6-9,14-15,17H,10-13H2,1-5H3/b8-6+,9-7+/t14-,15-/m0/s1. The molecular weight excluding hydrogens is 252 g/mol. The summed E-state index contributed by atoms with van der Waals surface area (Å²) in [5, 5.41) is 8.97. The van der Waals surface area contributed by atoms with Crippen LogP contribution < -0.4 is 0 Å². The van der Waals surface area contributed by atoms with Crippen molar-refractivity contribution in [3.05, 3.63) is 24.3 Å². The molecule has 0 saturated heterocycles. The highest BCUT2D eigenvalue weighted by Crippen LogP contribution is 2.40. The SMILES string of the molecule is CC(C)(C)[Si](C)(C)OC[C@@H]1CC[C@@H]1/C=C/C=C/CO. The zero-order valence-corrected chi connectivity index (χ0v) is 14.1. The average Bonchev–Trinajstić information content (AvgIpc) is 2.25. The van der Waals surface area contributed by atoms with E-state index in [9.17, 15) is 0 Å². The lowest BCUT2D eigenvalue weighted by atomic mass is 9.74. The van der Waals surface area contributed by atoms with Crippen molar-refractivity contribution >= 4 is 8.32 Å². The normalized spacial score (nSPS) is 25.2. The zero-order valence-electron chi connectivity index (χ0n) is 13.1. The van der Waals surface area contributed by atoms with Crippen LogP contribution in [-0.4, -0.2) is 26.6 Å². The van der Waals surface area contributed by atoms with E-state index in [0.717, 1.165) is 6.61 Å². The van der Waals surface area contributed by atoms with Gasteiger partial charge in [-0.3, -0.25) is 0 Å². The molecule has 0 aromatic rings. The molecule has 0 bridgehead atoms. The van der Waals surface area contributed by atoms with Gasteiger partial charge in [-0.15, -0.1) is 0 Å². The van der Waals surface area contributed by atoms with Gasteiger partial charge in [-0.2, -0.15) is 0 Å². The van der Waals surface area contributed by atoms with Crippen molar-refractivity contribution in [2.24, 2.45) is 11.8 Å². The van der Waals surface area contributed by atoms with E-state index in [0.29, 0.717) is 16.9 Å². The predicted octanol–water partition coefficient (Wildman–Crippen LogP) is 4.14. The fourth-order valence-electron chi connectivity index (χ4n) is 1.93. The molecule has 1 aliphatic rings. The van der Waals surface area contributed by atoms with Crippen molar-refractivity contribution < 1.29 is 9.53 Å². The van der Waals surface area contributed by atoms with E-state index < -0.39 is 8.32 Å². The molecule has 0 heterocycles. The first-order chi connectivity index (χ1) is 8.78. The Morgan fingerprint density at radius 2 is 1.89 bits per heavy atom.